The van der Waals surface area contributed by atoms with Crippen molar-refractivity contribution in [2.75, 3.05) is 0 Å². The monoisotopic (exact) mass is 317 g/mol. The summed E-state index contributed by atoms with van der Waals surface area (Å²) < 4.78 is 0. The molecule has 1 heterocycles. The van der Waals surface area contributed by atoms with Crippen molar-refractivity contribution >= 4 is 0 Å². The van der Waals surface area contributed by atoms with Gasteiger partial charge in [-0.1, -0.05) is 0 Å². The Morgan fingerprint density at radius 2 is 1.00 bits per heavy atom. The van der Waals surface area contributed by atoms with E-state index < -0.39 is 17.0 Å². The molecule has 0 aliphatic carbocycles. The summed E-state index contributed by atoms with van der Waals surface area (Å²) in [7, 11) is 0. The van der Waals surface area contributed by atoms with Crippen molar-refractivity contribution in [3.63, 3.8) is 0 Å². The average Bonchev–Trinajstić information content (AvgIpc) is 2.18. The Morgan fingerprint density at radius 1 is 0.682 bits per heavy atom. The summed E-state index contributed by atoms with van der Waals surface area (Å²) in [5, 5.41) is 3.61. The van der Waals surface area contributed by atoms with E-state index in [0.29, 0.717) is 12.8 Å². The first-order valence-electron chi connectivity index (χ1n) is 8.06. The number of nitrogens with one attached hydrogen (secondary N) is 1. The second-order valence-corrected chi connectivity index (χ2v) is 9.72. The first kappa shape index (κ1) is 19.8. The van der Waals surface area contributed by atoms with Gasteiger partial charge < -0.3 is 5.32 Å². The molecule has 1 aliphatic rings. The Bertz CT molecular complexity index is 341. The second kappa shape index (κ2) is 6.02. The van der Waals surface area contributed by atoms with E-state index in [1.54, 1.807) is 0 Å². The third-order valence-corrected chi connectivity index (χ3v) is 2.99. The summed E-state index contributed by atoms with van der Waals surface area (Å²) in [4.78, 5) is 22.8. The topological polar surface area (TPSA) is 49.0 Å². The van der Waals surface area contributed by atoms with Gasteiger partial charge in [-0.15, -0.1) is 0 Å². The van der Waals surface area contributed by atoms with Gasteiger partial charge in [0.1, 0.15) is 0 Å². The first-order chi connectivity index (χ1) is 9.54. The van der Waals surface area contributed by atoms with Crippen LogP contribution >= 0.6 is 0 Å². The molecule has 1 saturated heterocycles. The molecule has 1 rings (SSSR count). The molecule has 5 nitrogen and oxygen atoms in total. The molecule has 0 aromatic heterocycles. The van der Waals surface area contributed by atoms with Crippen LogP contribution in [-0.2, 0) is 19.6 Å². The van der Waals surface area contributed by atoms with Crippen LogP contribution in [0.25, 0.3) is 0 Å². The Labute approximate surface area is 135 Å². The van der Waals surface area contributed by atoms with E-state index in [-0.39, 0.29) is 11.1 Å². The third-order valence-electron chi connectivity index (χ3n) is 2.99. The molecule has 132 valence electrons. The van der Waals surface area contributed by atoms with Gasteiger partial charge in [-0.05, 0) is 69.2 Å². The minimum Gasteiger partial charge on any atom is -0.306 e. The SMILES string of the molecule is CC1(C)CC(OOC(C)(C)C)(OOC(C)(C)C)CC(C)(C)N1. The Morgan fingerprint density at radius 3 is 1.27 bits per heavy atom. The van der Waals surface area contributed by atoms with Gasteiger partial charge in [0.2, 0.25) is 5.79 Å². The molecule has 5 heteroatoms. The molecular weight excluding hydrogens is 282 g/mol. The van der Waals surface area contributed by atoms with Crippen LogP contribution in [0.4, 0.5) is 0 Å². The highest BCUT2D eigenvalue weighted by Crippen LogP contribution is 2.41. The molecule has 0 bridgehead atoms. The Hall–Kier alpha value is -0.200. The van der Waals surface area contributed by atoms with Crippen molar-refractivity contribution in [1.29, 1.82) is 0 Å². The highest BCUT2D eigenvalue weighted by molar-refractivity contribution is 5.01. The van der Waals surface area contributed by atoms with Crippen LogP contribution in [0.1, 0.15) is 82.1 Å². The van der Waals surface area contributed by atoms with Crippen LogP contribution in [0.2, 0.25) is 0 Å². The number of hydrogen-bond acceptors (Lipinski definition) is 5. The lowest BCUT2D eigenvalue weighted by Gasteiger charge is -2.51. The molecule has 0 amide bonds. The predicted octanol–water partition coefficient (Wildman–Crippen LogP) is 4.12. The molecule has 22 heavy (non-hydrogen) atoms. The van der Waals surface area contributed by atoms with Gasteiger partial charge in [-0.3, -0.25) is 0 Å². The molecule has 1 N–H and O–H groups in total. The molecular formula is C17H35NO4. The molecule has 0 atom stereocenters. The summed E-state index contributed by atoms with van der Waals surface area (Å²) in [6.07, 6.45) is 1.24. The fraction of sp³-hybridized carbons (Fsp3) is 1.00. The summed E-state index contributed by atoms with van der Waals surface area (Å²) in [5.74, 6) is -0.946. The van der Waals surface area contributed by atoms with Crippen LogP contribution in [0.5, 0.6) is 0 Å². The smallest absolute Gasteiger partial charge is 0.237 e. The fourth-order valence-corrected chi connectivity index (χ4v) is 2.95. The second-order valence-electron chi connectivity index (χ2n) is 9.72. The predicted molar refractivity (Wildman–Crippen MR) is 87.1 cm³/mol. The maximum atomic E-state index is 5.81. The summed E-state index contributed by atoms with van der Waals surface area (Å²) in [6, 6.07) is 0. The van der Waals surface area contributed by atoms with Crippen molar-refractivity contribution in [1.82, 2.24) is 5.32 Å². The van der Waals surface area contributed by atoms with E-state index in [4.69, 9.17) is 19.6 Å². The van der Waals surface area contributed by atoms with Crippen molar-refractivity contribution in [3.8, 4) is 0 Å². The summed E-state index contributed by atoms with van der Waals surface area (Å²) >= 11 is 0. The van der Waals surface area contributed by atoms with Crippen molar-refractivity contribution in [3.05, 3.63) is 0 Å². The van der Waals surface area contributed by atoms with Gasteiger partial charge in [0, 0.05) is 23.9 Å². The van der Waals surface area contributed by atoms with Gasteiger partial charge in [0.05, 0.1) is 11.2 Å². The lowest BCUT2D eigenvalue weighted by atomic mass is 9.79. The Kier molecular flexibility index (Phi) is 5.43. The average molecular weight is 317 g/mol. The molecule has 0 unspecified atom stereocenters. The number of hydrogen-bond donors (Lipinski definition) is 1. The van der Waals surface area contributed by atoms with Crippen LogP contribution in [0, 0.1) is 0 Å². The quantitative estimate of drug-likeness (QED) is 0.480. The van der Waals surface area contributed by atoms with E-state index in [1.807, 2.05) is 41.5 Å². The molecule has 1 aliphatic heterocycles. The lowest BCUT2D eigenvalue weighted by molar-refractivity contribution is -0.550. The van der Waals surface area contributed by atoms with Gasteiger partial charge in [-0.25, -0.2) is 9.78 Å². The van der Waals surface area contributed by atoms with Crippen LogP contribution in [-0.4, -0.2) is 28.1 Å². The van der Waals surface area contributed by atoms with E-state index in [9.17, 15) is 0 Å². The van der Waals surface area contributed by atoms with Crippen molar-refractivity contribution in [2.45, 2.75) is 110 Å². The highest BCUT2D eigenvalue weighted by atomic mass is 17.3. The maximum absolute atomic E-state index is 5.81. The standard InChI is InChI=1S/C17H35NO4/c1-13(2,3)19-21-17(22-20-14(4,5)6)11-15(7,8)18-16(9,10)12-17/h18H,11-12H2,1-10H3. The Balaban J connectivity index is 2.99. The minimum atomic E-state index is -0.946. The zero-order chi connectivity index (χ0) is 17.4. The van der Waals surface area contributed by atoms with E-state index >= 15 is 0 Å². The summed E-state index contributed by atoms with van der Waals surface area (Å²) in [6.45, 7) is 20.2. The minimum absolute atomic E-state index is 0.162. The highest BCUT2D eigenvalue weighted by Gasteiger charge is 2.52. The van der Waals surface area contributed by atoms with Gasteiger partial charge >= 0.3 is 0 Å². The largest absolute Gasteiger partial charge is 0.306 e. The first-order valence-corrected chi connectivity index (χ1v) is 8.06. The molecule has 0 spiro atoms. The van der Waals surface area contributed by atoms with Gasteiger partial charge in [0.25, 0.3) is 0 Å². The van der Waals surface area contributed by atoms with Crippen LogP contribution in [0.3, 0.4) is 0 Å². The zero-order valence-electron chi connectivity index (χ0n) is 16.0. The molecule has 0 saturated carbocycles. The van der Waals surface area contributed by atoms with E-state index in [1.165, 1.54) is 0 Å². The van der Waals surface area contributed by atoms with Crippen molar-refractivity contribution in [2.24, 2.45) is 0 Å². The number of piperidine rings is 1. The van der Waals surface area contributed by atoms with Crippen molar-refractivity contribution < 1.29 is 19.6 Å². The molecule has 0 radical (unpaired) electrons. The molecule has 0 aromatic carbocycles. The number of rotatable bonds is 4. The maximum Gasteiger partial charge on any atom is 0.237 e. The van der Waals surface area contributed by atoms with E-state index in [0.717, 1.165) is 0 Å². The van der Waals surface area contributed by atoms with Gasteiger partial charge in [-0.2, -0.15) is 9.78 Å². The normalized spacial score (nSPS) is 24.3. The van der Waals surface area contributed by atoms with Crippen LogP contribution < -0.4 is 5.32 Å². The fourth-order valence-electron chi connectivity index (χ4n) is 2.95. The lowest BCUT2D eigenvalue weighted by Crippen LogP contribution is -2.65. The van der Waals surface area contributed by atoms with Crippen LogP contribution in [0.15, 0.2) is 0 Å². The molecule has 1 fully saturated rings. The summed E-state index contributed by atoms with van der Waals surface area (Å²) in [5.41, 5.74) is -1.16. The zero-order valence-corrected chi connectivity index (χ0v) is 16.0. The third kappa shape index (κ3) is 6.92. The van der Waals surface area contributed by atoms with E-state index in [2.05, 4.69) is 33.0 Å². The molecule has 0 aromatic rings. The van der Waals surface area contributed by atoms with Gasteiger partial charge in [0.15, 0.2) is 0 Å².